The smallest absolute Gasteiger partial charge is 0.0535 e. The summed E-state index contributed by atoms with van der Waals surface area (Å²) in [5.74, 6) is 0.664. The van der Waals surface area contributed by atoms with E-state index in [9.17, 15) is 5.11 Å². The van der Waals surface area contributed by atoms with Crippen LogP contribution >= 0.6 is 0 Å². The van der Waals surface area contributed by atoms with Crippen LogP contribution in [0.1, 0.15) is 68.5 Å². The lowest BCUT2D eigenvalue weighted by molar-refractivity contribution is 0.00464. The van der Waals surface area contributed by atoms with E-state index in [1.807, 2.05) is 6.20 Å². The van der Waals surface area contributed by atoms with Gasteiger partial charge in [-0.05, 0) is 38.6 Å². The number of aliphatic hydroxyl groups excluding tert-OH is 1. The number of rotatable bonds is 7. The van der Waals surface area contributed by atoms with Gasteiger partial charge in [-0.25, -0.2) is 0 Å². The van der Waals surface area contributed by atoms with Gasteiger partial charge in [0.15, 0.2) is 0 Å². The van der Waals surface area contributed by atoms with Gasteiger partial charge in [0.2, 0.25) is 0 Å². The lowest BCUT2D eigenvalue weighted by Crippen LogP contribution is -2.45. The molecule has 2 fully saturated rings. The van der Waals surface area contributed by atoms with E-state index in [1.165, 1.54) is 43.4 Å². The van der Waals surface area contributed by atoms with Crippen LogP contribution < -0.4 is 0 Å². The van der Waals surface area contributed by atoms with Gasteiger partial charge < -0.3 is 9.84 Å². The fourth-order valence-electron chi connectivity index (χ4n) is 4.61. The molecule has 0 radical (unpaired) electrons. The fourth-order valence-corrected chi connectivity index (χ4v) is 4.61. The Morgan fingerprint density at radius 2 is 2.17 bits per heavy atom. The number of nitrogens with one attached hydrogen (secondary N) is 1. The van der Waals surface area contributed by atoms with Crippen LogP contribution in [0.5, 0.6) is 0 Å². The summed E-state index contributed by atoms with van der Waals surface area (Å²) < 4.78 is 5.27. The van der Waals surface area contributed by atoms with Crippen molar-refractivity contribution in [2.75, 3.05) is 33.4 Å². The number of likely N-dealkylation sites (tertiary alicyclic amines) is 1. The zero-order chi connectivity index (χ0) is 16.8. The molecule has 5 nitrogen and oxygen atoms in total. The number of aliphatic hydroxyl groups is 1. The maximum absolute atomic E-state index is 9.97. The van der Waals surface area contributed by atoms with Crippen molar-refractivity contribution in [1.29, 1.82) is 0 Å². The third-order valence-corrected chi connectivity index (χ3v) is 6.07. The van der Waals surface area contributed by atoms with Crippen molar-refractivity contribution in [1.82, 2.24) is 15.1 Å². The first-order chi connectivity index (χ1) is 11.8. The van der Waals surface area contributed by atoms with Gasteiger partial charge in [-0.1, -0.05) is 19.3 Å². The molecular weight excluding hydrogens is 302 g/mol. The molecule has 2 N–H and O–H groups in total. The van der Waals surface area contributed by atoms with Crippen molar-refractivity contribution in [3.63, 3.8) is 0 Å². The van der Waals surface area contributed by atoms with E-state index >= 15 is 0 Å². The summed E-state index contributed by atoms with van der Waals surface area (Å²) in [5.41, 5.74) is 2.73. The highest BCUT2D eigenvalue weighted by molar-refractivity contribution is 5.21. The third kappa shape index (κ3) is 4.19. The minimum atomic E-state index is 0.00297. The Kier molecular flexibility index (Phi) is 6.31. The number of aromatic nitrogens is 2. The normalized spacial score (nSPS) is 26.8. The first-order valence-electron chi connectivity index (χ1n) is 9.61. The molecule has 0 aromatic carbocycles. The Labute approximate surface area is 145 Å². The Bertz CT molecular complexity index is 499. The Balaban J connectivity index is 1.64. The predicted octanol–water partition coefficient (Wildman–Crippen LogP) is 3.07. The van der Waals surface area contributed by atoms with E-state index in [1.54, 1.807) is 7.11 Å². The van der Waals surface area contributed by atoms with Gasteiger partial charge in [-0.2, -0.15) is 5.10 Å². The van der Waals surface area contributed by atoms with Crippen molar-refractivity contribution < 1.29 is 9.84 Å². The summed E-state index contributed by atoms with van der Waals surface area (Å²) in [6, 6.07) is 0. The topological polar surface area (TPSA) is 61.4 Å². The molecule has 136 valence electrons. The molecule has 1 saturated carbocycles. The van der Waals surface area contributed by atoms with Crippen LogP contribution in [0.15, 0.2) is 6.20 Å². The van der Waals surface area contributed by atoms with Gasteiger partial charge in [-0.15, -0.1) is 0 Å². The van der Waals surface area contributed by atoms with E-state index in [0.717, 1.165) is 45.5 Å². The number of nitrogens with zero attached hydrogens (tertiary/aromatic N) is 2. The quantitative estimate of drug-likeness (QED) is 0.804. The minimum absolute atomic E-state index is 0.00297. The van der Waals surface area contributed by atoms with E-state index < -0.39 is 0 Å². The second-order valence-corrected chi connectivity index (χ2v) is 7.86. The van der Waals surface area contributed by atoms with Gasteiger partial charge in [0.05, 0.1) is 12.8 Å². The van der Waals surface area contributed by atoms with Crippen molar-refractivity contribution in [2.45, 2.75) is 63.8 Å². The number of methoxy groups -OCH3 is 1. The molecule has 2 aliphatic rings. The zero-order valence-corrected chi connectivity index (χ0v) is 15.1. The Morgan fingerprint density at radius 3 is 2.92 bits per heavy atom. The van der Waals surface area contributed by atoms with Gasteiger partial charge in [0.1, 0.15) is 0 Å². The second-order valence-electron chi connectivity index (χ2n) is 7.86. The second kappa shape index (κ2) is 8.45. The van der Waals surface area contributed by atoms with Gasteiger partial charge in [0, 0.05) is 49.4 Å². The largest absolute Gasteiger partial charge is 0.396 e. The number of H-pyrrole nitrogens is 1. The number of aromatic amines is 1. The molecule has 1 aromatic rings. The minimum Gasteiger partial charge on any atom is -0.396 e. The molecule has 1 saturated heterocycles. The van der Waals surface area contributed by atoms with Gasteiger partial charge in [0.25, 0.3) is 0 Å². The molecule has 0 amide bonds. The van der Waals surface area contributed by atoms with E-state index in [4.69, 9.17) is 4.74 Å². The number of ether oxygens (including phenoxy) is 1. The van der Waals surface area contributed by atoms with Gasteiger partial charge in [-0.3, -0.25) is 10.00 Å². The van der Waals surface area contributed by atoms with Crippen LogP contribution in [0.4, 0.5) is 0 Å². The van der Waals surface area contributed by atoms with E-state index in [2.05, 4.69) is 15.1 Å². The van der Waals surface area contributed by atoms with Crippen LogP contribution in [0.25, 0.3) is 0 Å². The summed E-state index contributed by atoms with van der Waals surface area (Å²) in [6.07, 6.45) is 11.9. The molecule has 24 heavy (non-hydrogen) atoms. The molecule has 1 aliphatic carbocycles. The van der Waals surface area contributed by atoms with E-state index in [-0.39, 0.29) is 12.0 Å². The third-order valence-electron chi connectivity index (χ3n) is 6.07. The van der Waals surface area contributed by atoms with Gasteiger partial charge >= 0.3 is 0 Å². The molecular formula is C19H33N3O2. The molecule has 5 heteroatoms. The van der Waals surface area contributed by atoms with Crippen molar-refractivity contribution >= 4 is 0 Å². The number of piperidine rings is 1. The lowest BCUT2D eigenvalue weighted by atomic mass is 9.78. The molecule has 0 bridgehead atoms. The highest BCUT2D eigenvalue weighted by Crippen LogP contribution is 2.36. The highest BCUT2D eigenvalue weighted by atomic mass is 16.5. The summed E-state index contributed by atoms with van der Waals surface area (Å²) in [7, 11) is 1.74. The SMILES string of the molecule is COCC[C@]1(CO)CCCN(Cc2cn[nH]c2C2CCCCC2)C1. The summed E-state index contributed by atoms with van der Waals surface area (Å²) >= 11 is 0. The average molecular weight is 335 g/mol. The Morgan fingerprint density at radius 1 is 1.33 bits per heavy atom. The average Bonchev–Trinajstić information content (AvgIpc) is 3.09. The molecule has 3 rings (SSSR count). The lowest BCUT2D eigenvalue weighted by Gasteiger charge is -2.42. The standard InChI is InChI=1S/C19H33N3O2/c1-24-11-9-19(15-23)8-5-10-22(14-19)13-17-12-20-21-18(17)16-6-3-2-4-7-16/h12,16,23H,2-11,13-15H2,1H3,(H,20,21)/t19-/m1/s1. The maximum Gasteiger partial charge on any atom is 0.0535 e. The molecule has 0 spiro atoms. The molecule has 1 aliphatic heterocycles. The Hall–Kier alpha value is -0.910. The summed E-state index contributed by atoms with van der Waals surface area (Å²) in [4.78, 5) is 2.51. The monoisotopic (exact) mass is 335 g/mol. The summed E-state index contributed by atoms with van der Waals surface area (Å²) in [6.45, 7) is 4.02. The number of hydrogen-bond acceptors (Lipinski definition) is 4. The van der Waals surface area contributed by atoms with Crippen LogP contribution in [-0.4, -0.2) is 53.6 Å². The van der Waals surface area contributed by atoms with Crippen LogP contribution in [0.3, 0.4) is 0 Å². The molecule has 2 heterocycles. The first kappa shape index (κ1) is 17.9. The first-order valence-corrected chi connectivity index (χ1v) is 9.61. The molecule has 0 unspecified atom stereocenters. The molecule has 1 aromatic heterocycles. The highest BCUT2D eigenvalue weighted by Gasteiger charge is 2.35. The summed E-state index contributed by atoms with van der Waals surface area (Å²) in [5, 5.41) is 17.6. The van der Waals surface area contributed by atoms with E-state index in [0.29, 0.717) is 5.92 Å². The molecule has 1 atom stereocenters. The van der Waals surface area contributed by atoms with Crippen molar-refractivity contribution in [2.24, 2.45) is 5.41 Å². The zero-order valence-electron chi connectivity index (χ0n) is 15.1. The van der Waals surface area contributed by atoms with Crippen LogP contribution in [-0.2, 0) is 11.3 Å². The predicted molar refractivity (Wildman–Crippen MR) is 94.9 cm³/mol. The van der Waals surface area contributed by atoms with Crippen LogP contribution in [0.2, 0.25) is 0 Å². The fraction of sp³-hybridized carbons (Fsp3) is 0.842. The van der Waals surface area contributed by atoms with Crippen molar-refractivity contribution in [3.05, 3.63) is 17.5 Å². The number of hydrogen-bond donors (Lipinski definition) is 2. The van der Waals surface area contributed by atoms with Crippen molar-refractivity contribution in [3.8, 4) is 0 Å². The van der Waals surface area contributed by atoms with Crippen LogP contribution in [0, 0.1) is 5.41 Å². The maximum atomic E-state index is 9.97.